The Labute approximate surface area is 301 Å². The summed E-state index contributed by atoms with van der Waals surface area (Å²) in [6.07, 6.45) is 6.38. The van der Waals surface area contributed by atoms with Crippen LogP contribution in [0.25, 0.3) is 33.2 Å². The van der Waals surface area contributed by atoms with Crippen molar-refractivity contribution in [3.05, 3.63) is 102 Å². The van der Waals surface area contributed by atoms with Crippen LogP contribution in [0, 0.1) is 0 Å². The summed E-state index contributed by atoms with van der Waals surface area (Å²) in [5.41, 5.74) is 6.26. The number of aromatic nitrogens is 3. The van der Waals surface area contributed by atoms with Gasteiger partial charge in [-0.25, -0.2) is 9.25 Å². The van der Waals surface area contributed by atoms with E-state index in [0.717, 1.165) is 44.4 Å². The summed E-state index contributed by atoms with van der Waals surface area (Å²) in [4.78, 5) is 31.8. The molecule has 12 heteroatoms. The van der Waals surface area contributed by atoms with Crippen molar-refractivity contribution in [1.29, 1.82) is 0 Å². The van der Waals surface area contributed by atoms with Gasteiger partial charge in [0.1, 0.15) is 5.60 Å². The van der Waals surface area contributed by atoms with Crippen LogP contribution in [0.5, 0.6) is 0 Å². The molecule has 9 nitrogen and oxygen atoms in total. The lowest BCUT2D eigenvalue weighted by Gasteiger charge is -2.27. The van der Waals surface area contributed by atoms with E-state index in [9.17, 15) is 9.59 Å². The summed E-state index contributed by atoms with van der Waals surface area (Å²) in [5.74, 6) is -0.133. The first-order valence-electron chi connectivity index (χ1n) is 15.7. The average molecular weight is 797 g/mol. The van der Waals surface area contributed by atoms with Gasteiger partial charge in [-0.15, -0.1) is 0 Å². The highest BCUT2D eigenvalue weighted by Crippen LogP contribution is 2.35. The lowest BCUT2D eigenvalue weighted by Crippen LogP contribution is -2.39. The molecule has 0 spiro atoms. The number of hydrogen-bond acceptors (Lipinski definition) is 6. The third kappa shape index (κ3) is 9.67. The van der Waals surface area contributed by atoms with E-state index < -0.39 is 11.7 Å². The van der Waals surface area contributed by atoms with Gasteiger partial charge >= 0.3 is 6.09 Å². The second-order valence-corrected chi connectivity index (χ2v) is 14.7. The zero-order chi connectivity index (χ0) is 34.1. The van der Waals surface area contributed by atoms with Crippen molar-refractivity contribution in [1.82, 2.24) is 24.8 Å². The molecule has 1 atom stereocenters. The quantitative estimate of drug-likeness (QED) is 0.0702. The van der Waals surface area contributed by atoms with Crippen molar-refractivity contribution in [3.8, 4) is 22.3 Å². The summed E-state index contributed by atoms with van der Waals surface area (Å²) in [7, 11) is 0. The Morgan fingerprint density at radius 1 is 0.979 bits per heavy atom. The number of pyridine rings is 1. The third-order valence-corrected chi connectivity index (χ3v) is 9.71. The number of rotatable bonds is 13. The number of carbonyl (C=O) groups excluding carboxylic acids is 2. The first-order valence-corrected chi connectivity index (χ1v) is 20.2. The van der Waals surface area contributed by atoms with Gasteiger partial charge in [0.15, 0.2) is 0 Å². The number of ether oxygens (including phenoxy) is 1. The van der Waals surface area contributed by atoms with Crippen LogP contribution in [-0.4, -0.2) is 56.7 Å². The first kappa shape index (κ1) is 35.6. The largest absolute Gasteiger partial charge is 0.444 e. The number of fused-ring (bicyclic) bond motifs is 1. The molecule has 250 valence electrons. The van der Waals surface area contributed by atoms with E-state index in [-0.39, 0.29) is 25.4 Å². The number of nitrogens with one attached hydrogen (secondary N) is 2. The molecular formula is C36H39ClIN6O3P. The standard InChI is InChI=1S/C36H39ClIN6O3P/c1-36(2,3)47-35(46)43(24-25-12-13-29(31(37)19-25)26-9-5-4-6-10-26)18-14-34(45)41-17-8-16-40-32-20-28(27-11-7-15-39-22-27)21-33-30(32)23-42-44(33)48-38/h4-7,9-13,15,19-23,40,48H,8,14,16-18,24H2,1-3H3,(H,41,45). The minimum Gasteiger partial charge on any atom is -0.444 e. The molecule has 0 bridgehead atoms. The fourth-order valence-corrected chi connectivity index (χ4v) is 7.04. The lowest BCUT2D eigenvalue weighted by atomic mass is 10.0. The fraction of sp³-hybridized carbons (Fsp3) is 0.278. The van der Waals surface area contributed by atoms with Crippen LogP contribution < -0.4 is 10.6 Å². The topological polar surface area (TPSA) is 101 Å². The molecule has 2 aromatic heterocycles. The number of carbonyl (C=O) groups is 2. The van der Waals surface area contributed by atoms with Gasteiger partial charge < -0.3 is 20.3 Å². The first-order chi connectivity index (χ1) is 23.1. The van der Waals surface area contributed by atoms with E-state index in [2.05, 4.69) is 54.9 Å². The molecule has 0 aliphatic rings. The number of amides is 2. The summed E-state index contributed by atoms with van der Waals surface area (Å²) >= 11 is 8.98. The van der Waals surface area contributed by atoms with Crippen molar-refractivity contribution in [2.24, 2.45) is 0 Å². The molecular weight excluding hydrogens is 758 g/mol. The second kappa shape index (κ2) is 16.6. The summed E-state index contributed by atoms with van der Waals surface area (Å²) < 4.78 is 7.66. The van der Waals surface area contributed by atoms with Crippen LogP contribution >= 0.6 is 40.0 Å². The molecule has 3 aromatic carbocycles. The monoisotopic (exact) mass is 796 g/mol. The molecule has 0 aliphatic heterocycles. The maximum absolute atomic E-state index is 13.1. The zero-order valence-electron chi connectivity index (χ0n) is 27.2. The average Bonchev–Trinajstić information content (AvgIpc) is 3.50. The zero-order valence-corrected chi connectivity index (χ0v) is 31.1. The van der Waals surface area contributed by atoms with Crippen molar-refractivity contribution in [2.75, 3.05) is 25.0 Å². The lowest BCUT2D eigenvalue weighted by molar-refractivity contribution is -0.121. The van der Waals surface area contributed by atoms with Crippen molar-refractivity contribution < 1.29 is 14.3 Å². The third-order valence-electron chi connectivity index (χ3n) is 7.51. The second-order valence-electron chi connectivity index (χ2n) is 12.3. The molecule has 0 radical (unpaired) electrons. The van der Waals surface area contributed by atoms with Crippen LogP contribution in [-0.2, 0) is 16.1 Å². The summed E-state index contributed by atoms with van der Waals surface area (Å²) in [6, 6.07) is 23.9. The van der Waals surface area contributed by atoms with Gasteiger partial charge in [0.2, 0.25) is 5.91 Å². The van der Waals surface area contributed by atoms with Gasteiger partial charge in [0.25, 0.3) is 0 Å². The van der Waals surface area contributed by atoms with E-state index in [0.29, 0.717) is 30.9 Å². The van der Waals surface area contributed by atoms with E-state index in [1.165, 1.54) is 0 Å². The highest BCUT2D eigenvalue weighted by molar-refractivity contribution is 14.2. The molecule has 2 N–H and O–H groups in total. The normalized spacial score (nSPS) is 11.6. The van der Waals surface area contributed by atoms with Crippen LogP contribution in [0.4, 0.5) is 10.5 Å². The van der Waals surface area contributed by atoms with Crippen molar-refractivity contribution in [2.45, 2.75) is 45.8 Å². The Morgan fingerprint density at radius 3 is 2.48 bits per heavy atom. The minimum atomic E-state index is -0.669. The van der Waals surface area contributed by atoms with Gasteiger partial charge in [-0.05, 0) is 90.2 Å². The van der Waals surface area contributed by atoms with Gasteiger partial charge in [0, 0.05) is 72.2 Å². The molecule has 0 saturated carbocycles. The van der Waals surface area contributed by atoms with E-state index >= 15 is 0 Å². The Morgan fingerprint density at radius 2 is 1.77 bits per heavy atom. The van der Waals surface area contributed by atoms with Gasteiger partial charge in [0.05, 0.1) is 18.1 Å². The van der Waals surface area contributed by atoms with Gasteiger partial charge in [-0.3, -0.25) is 9.78 Å². The fourth-order valence-electron chi connectivity index (χ4n) is 5.20. The highest BCUT2D eigenvalue weighted by atomic mass is 127. The van der Waals surface area contributed by atoms with E-state index in [4.69, 9.17) is 16.3 Å². The molecule has 0 saturated heterocycles. The molecule has 2 amide bonds. The van der Waals surface area contributed by atoms with E-state index in [1.54, 1.807) is 11.1 Å². The van der Waals surface area contributed by atoms with Gasteiger partial charge in [-0.1, -0.05) is 60.1 Å². The number of nitrogens with zero attached hydrogens (tertiary/aromatic N) is 4. The van der Waals surface area contributed by atoms with Crippen LogP contribution in [0.15, 0.2) is 91.4 Å². The molecule has 0 fully saturated rings. The summed E-state index contributed by atoms with van der Waals surface area (Å²) in [5, 5.41) is 12.7. The number of hydrogen-bond donors (Lipinski definition) is 2. The highest BCUT2D eigenvalue weighted by Gasteiger charge is 2.23. The minimum absolute atomic E-state index is 0.133. The molecule has 48 heavy (non-hydrogen) atoms. The number of anilines is 1. The van der Waals surface area contributed by atoms with Crippen LogP contribution in [0.1, 0.15) is 39.2 Å². The van der Waals surface area contributed by atoms with Crippen molar-refractivity contribution >= 4 is 68.6 Å². The Kier molecular flexibility index (Phi) is 12.3. The molecule has 5 rings (SSSR count). The Bertz CT molecular complexity index is 1850. The molecule has 0 aliphatic carbocycles. The number of benzene rings is 3. The maximum atomic E-state index is 13.1. The SMILES string of the molecule is CC(C)(C)OC(=O)N(CCC(=O)NCCCNc1cc(-c2cccnc2)cc2c1cnn2PI)Cc1ccc(-c2ccccc2)c(Cl)c1. The van der Waals surface area contributed by atoms with E-state index in [1.807, 2.05) is 98.3 Å². The Hall–Kier alpha value is -3.73. The molecule has 1 unspecified atom stereocenters. The maximum Gasteiger partial charge on any atom is 0.410 e. The predicted octanol–water partition coefficient (Wildman–Crippen LogP) is 8.96. The van der Waals surface area contributed by atoms with Crippen LogP contribution in [0.3, 0.4) is 0 Å². The van der Waals surface area contributed by atoms with Crippen LogP contribution in [0.2, 0.25) is 5.02 Å². The summed E-state index contributed by atoms with van der Waals surface area (Å²) in [6.45, 7) is 7.10. The molecule has 2 heterocycles. The smallest absolute Gasteiger partial charge is 0.410 e. The number of halogens is 2. The van der Waals surface area contributed by atoms with Crippen molar-refractivity contribution in [3.63, 3.8) is 0 Å². The van der Waals surface area contributed by atoms with Gasteiger partial charge in [-0.2, -0.15) is 5.10 Å². The predicted molar refractivity (Wildman–Crippen MR) is 205 cm³/mol. The Balaban J connectivity index is 1.16. The molecule has 5 aromatic rings.